The molecular formula is C49H76O14Si. The summed E-state index contributed by atoms with van der Waals surface area (Å²) in [4.78, 5) is 70.4. The molecule has 3 rings (SSSR count). The van der Waals surface area contributed by atoms with Crippen LogP contribution in [0.2, 0.25) is 18.1 Å². The van der Waals surface area contributed by atoms with E-state index in [4.69, 9.17) is 32.8 Å². The van der Waals surface area contributed by atoms with Gasteiger partial charge in [-0.3, -0.25) is 4.79 Å². The summed E-state index contributed by atoms with van der Waals surface area (Å²) in [5.74, 6) is -8.85. The number of esters is 4. The van der Waals surface area contributed by atoms with E-state index in [1.807, 2.05) is 78.0 Å². The van der Waals surface area contributed by atoms with E-state index in [-0.39, 0.29) is 24.7 Å². The number of aliphatic carboxylic acids is 1. The summed E-state index contributed by atoms with van der Waals surface area (Å²) in [7, 11) is -3.12. The Labute approximate surface area is 381 Å². The number of carbonyl (C=O) groups is 5. The average molecular weight is 917 g/mol. The molecule has 0 spiro atoms. The molecule has 1 aromatic rings. The number of carboxylic acids is 1. The first kappa shape index (κ1) is 54.4. The molecule has 2 aliphatic heterocycles. The molecule has 2 saturated heterocycles. The lowest BCUT2D eigenvalue weighted by Gasteiger charge is -2.51. The summed E-state index contributed by atoms with van der Waals surface area (Å²) < 4.78 is 44.1. The molecule has 15 heteroatoms. The fourth-order valence-corrected chi connectivity index (χ4v) is 9.18. The Morgan fingerprint density at radius 3 is 1.97 bits per heavy atom. The summed E-state index contributed by atoms with van der Waals surface area (Å²) >= 11 is 0. The molecular weight excluding hydrogens is 841 g/mol. The van der Waals surface area contributed by atoms with Crippen molar-refractivity contribution in [2.24, 2.45) is 17.8 Å². The Balaban J connectivity index is 2.44. The zero-order valence-corrected chi connectivity index (χ0v) is 42.1. The van der Waals surface area contributed by atoms with E-state index in [1.165, 1.54) is 54.5 Å². The van der Waals surface area contributed by atoms with E-state index in [0.717, 1.165) is 18.4 Å². The summed E-state index contributed by atoms with van der Waals surface area (Å²) in [5, 5.41) is 23.6. The van der Waals surface area contributed by atoms with Crippen LogP contribution < -0.4 is 0 Å². The maximum atomic E-state index is 15.2. The van der Waals surface area contributed by atoms with Gasteiger partial charge in [0, 0.05) is 25.3 Å². The minimum atomic E-state index is -3.57. The van der Waals surface area contributed by atoms with Gasteiger partial charge in [-0.2, -0.15) is 0 Å². The molecule has 0 aromatic heterocycles. The highest BCUT2D eigenvalue weighted by molar-refractivity contribution is 6.74. The van der Waals surface area contributed by atoms with Crippen molar-refractivity contribution in [2.45, 2.75) is 200 Å². The minimum absolute atomic E-state index is 0.0779. The lowest BCUT2D eigenvalue weighted by atomic mass is 9.74. The van der Waals surface area contributed by atoms with Gasteiger partial charge in [0.15, 0.2) is 20.2 Å². The summed E-state index contributed by atoms with van der Waals surface area (Å²) in [6.07, 6.45) is -2.64. The second-order valence-corrected chi connectivity index (χ2v) is 26.1. The molecule has 2 fully saturated rings. The third-order valence-electron chi connectivity index (χ3n) is 12.3. The Morgan fingerprint density at radius 2 is 1.47 bits per heavy atom. The molecule has 0 saturated carbocycles. The molecule has 360 valence electrons. The van der Waals surface area contributed by atoms with Crippen LogP contribution in [-0.2, 0) is 63.2 Å². The fraction of sp³-hybridized carbons (Fsp3) is 0.694. The molecule has 2 heterocycles. The van der Waals surface area contributed by atoms with Crippen LogP contribution in [0.25, 0.3) is 0 Å². The molecule has 64 heavy (non-hydrogen) atoms. The van der Waals surface area contributed by atoms with Crippen molar-refractivity contribution in [1.82, 2.24) is 0 Å². The Hall–Kier alpha value is -3.89. The topological polar surface area (TPSA) is 190 Å². The number of hydrogen-bond donors (Lipinski definition) is 2. The first-order valence-corrected chi connectivity index (χ1v) is 25.3. The molecule has 0 aliphatic carbocycles. The third-order valence-corrected chi connectivity index (χ3v) is 16.7. The van der Waals surface area contributed by atoms with Crippen molar-refractivity contribution < 1.29 is 67.0 Å². The van der Waals surface area contributed by atoms with Crippen LogP contribution in [0.5, 0.6) is 0 Å². The standard InChI is InChI=1S/C49H76O14Si/c1-18-30(2)28-31(3)24-25-36(51)58-39-38(62-64(16,17)46(13,14)15)47(27-26-32(4)37(57-34(6)50)33(5)29-35-22-20-19-21-23-35)59-40(41(52)53)48(56,42(54)60-44(7,8)9)49(39,63-47)43(55)61-45(10,11)12/h19-25,30-31,33,37-40,56H,4,18,26-29H2,1-3,5-17H3,(H,52,53)/b25-24+/t30-,31+,33+,37+,38+,39+,40+,47-,48+,49-/m0/s1. The molecule has 0 unspecified atom stereocenters. The highest BCUT2D eigenvalue weighted by Gasteiger charge is 2.87. The van der Waals surface area contributed by atoms with Gasteiger partial charge in [-0.1, -0.05) is 97.9 Å². The van der Waals surface area contributed by atoms with Gasteiger partial charge in [0.25, 0.3) is 5.60 Å². The monoisotopic (exact) mass is 917 g/mol. The molecule has 2 bridgehead atoms. The minimum Gasteiger partial charge on any atom is -0.479 e. The maximum absolute atomic E-state index is 15.2. The van der Waals surface area contributed by atoms with Crippen molar-refractivity contribution >= 4 is 38.2 Å². The lowest BCUT2D eigenvalue weighted by Crippen LogP contribution is -2.79. The second kappa shape index (κ2) is 20.3. The van der Waals surface area contributed by atoms with Crippen molar-refractivity contribution in [3.05, 3.63) is 60.2 Å². The number of ether oxygens (including phenoxy) is 6. The van der Waals surface area contributed by atoms with E-state index in [9.17, 15) is 29.4 Å². The maximum Gasteiger partial charge on any atom is 0.347 e. The Morgan fingerprint density at radius 1 is 0.906 bits per heavy atom. The molecule has 2 N–H and O–H groups in total. The zero-order valence-electron chi connectivity index (χ0n) is 41.1. The second-order valence-electron chi connectivity index (χ2n) is 21.4. The van der Waals surface area contributed by atoms with Crippen LogP contribution in [0.3, 0.4) is 0 Å². The van der Waals surface area contributed by atoms with Gasteiger partial charge in [-0.25, -0.2) is 19.2 Å². The van der Waals surface area contributed by atoms with E-state index >= 15 is 4.79 Å². The highest BCUT2D eigenvalue weighted by atomic mass is 28.4. The molecule has 1 aromatic carbocycles. The summed E-state index contributed by atoms with van der Waals surface area (Å²) in [6, 6.07) is 9.59. The fourth-order valence-electron chi connectivity index (χ4n) is 7.89. The number of hydrogen-bond acceptors (Lipinski definition) is 13. The van der Waals surface area contributed by atoms with E-state index in [0.29, 0.717) is 17.9 Å². The molecule has 0 amide bonds. The van der Waals surface area contributed by atoms with E-state index < -0.39 is 95.8 Å². The van der Waals surface area contributed by atoms with Gasteiger partial charge in [0.05, 0.1) is 0 Å². The van der Waals surface area contributed by atoms with Crippen LogP contribution in [0.4, 0.5) is 0 Å². The van der Waals surface area contributed by atoms with Gasteiger partial charge in [-0.15, -0.1) is 0 Å². The SMILES string of the molecule is C=C(CC[C@]12O[C@H](C(=O)O)[C@@](O)(C(=O)OC(C)(C)C)[C@](C(=O)OC(C)(C)C)(O1)[C@H](OC(=O)/C=C/[C@@H](C)C[C@@H](C)CC)[C@H]2O[Si](C)(C)C(C)(C)C)[C@@H](OC(C)=O)[C@H](C)Cc1ccccc1. The smallest absolute Gasteiger partial charge is 0.347 e. The number of allylic oxidation sites excluding steroid dienone is 1. The Kier molecular flexibility index (Phi) is 17.3. The molecule has 10 atom stereocenters. The van der Waals surface area contributed by atoms with Crippen LogP contribution in [0, 0.1) is 17.8 Å². The van der Waals surface area contributed by atoms with Crippen LogP contribution >= 0.6 is 0 Å². The normalized spacial score (nSPS) is 26.9. The van der Waals surface area contributed by atoms with Gasteiger partial charge in [0.1, 0.15) is 23.4 Å². The first-order valence-electron chi connectivity index (χ1n) is 22.4. The van der Waals surface area contributed by atoms with E-state index in [1.54, 1.807) is 6.08 Å². The summed E-state index contributed by atoms with van der Waals surface area (Å²) in [6.45, 7) is 32.3. The van der Waals surface area contributed by atoms with Gasteiger partial charge >= 0.3 is 29.8 Å². The average Bonchev–Trinajstić information content (AvgIpc) is 3.37. The number of aliphatic hydroxyl groups is 1. The van der Waals surface area contributed by atoms with Crippen molar-refractivity contribution in [2.75, 3.05) is 0 Å². The number of carbonyl (C=O) groups excluding carboxylic acids is 4. The van der Waals surface area contributed by atoms with Crippen molar-refractivity contribution in [3.8, 4) is 0 Å². The predicted molar refractivity (Wildman–Crippen MR) is 243 cm³/mol. The Bertz CT molecular complexity index is 1870. The summed E-state index contributed by atoms with van der Waals surface area (Å²) in [5.41, 5.74) is -8.06. The zero-order chi connectivity index (χ0) is 49.0. The number of benzene rings is 1. The number of fused-ring (bicyclic) bond motifs is 2. The van der Waals surface area contributed by atoms with Gasteiger partial charge < -0.3 is 43.1 Å². The van der Waals surface area contributed by atoms with Crippen LogP contribution in [0.15, 0.2) is 54.6 Å². The quantitative estimate of drug-likeness (QED) is 0.0442. The predicted octanol–water partition coefficient (Wildman–Crippen LogP) is 8.43. The van der Waals surface area contributed by atoms with Crippen LogP contribution in [0.1, 0.15) is 128 Å². The third kappa shape index (κ3) is 12.5. The number of carboxylic acid groups (broad SMARTS) is 1. The van der Waals surface area contributed by atoms with Gasteiger partial charge in [0.2, 0.25) is 11.7 Å². The van der Waals surface area contributed by atoms with Crippen molar-refractivity contribution in [3.63, 3.8) is 0 Å². The van der Waals surface area contributed by atoms with Crippen LogP contribution in [-0.4, -0.2) is 101 Å². The largest absolute Gasteiger partial charge is 0.479 e. The molecule has 0 radical (unpaired) electrons. The molecule has 14 nitrogen and oxygen atoms in total. The van der Waals surface area contributed by atoms with Crippen molar-refractivity contribution in [1.29, 1.82) is 0 Å². The van der Waals surface area contributed by atoms with Gasteiger partial charge in [-0.05, 0) is 102 Å². The number of rotatable bonds is 19. The lowest BCUT2D eigenvalue weighted by molar-refractivity contribution is -0.376. The first-order chi connectivity index (χ1) is 29.2. The van der Waals surface area contributed by atoms with E-state index in [2.05, 4.69) is 20.4 Å². The molecule has 2 aliphatic rings. The highest BCUT2D eigenvalue weighted by Crippen LogP contribution is 2.59.